The van der Waals surface area contributed by atoms with Crippen molar-refractivity contribution in [1.29, 1.82) is 0 Å². The van der Waals surface area contributed by atoms with Gasteiger partial charge in [0.2, 0.25) is 11.6 Å². The fraction of sp³-hybridized carbons (Fsp3) is 0.267. The number of nitrogens with zero attached hydrogens (tertiary/aromatic N) is 5. The van der Waals surface area contributed by atoms with E-state index in [0.29, 0.717) is 11.4 Å². The SMILES string of the molecule is CCOC(=O)c1nnn(-c2nonc2N)c1CSCc1ccccc1. The van der Waals surface area contributed by atoms with E-state index in [1.807, 2.05) is 30.3 Å². The van der Waals surface area contributed by atoms with Gasteiger partial charge in [0.15, 0.2) is 5.69 Å². The highest BCUT2D eigenvalue weighted by Gasteiger charge is 2.24. The van der Waals surface area contributed by atoms with Crippen LogP contribution in [0.1, 0.15) is 28.7 Å². The number of hydrogen-bond acceptors (Lipinski definition) is 9. The Hall–Kier alpha value is -2.88. The Bertz CT molecular complexity index is 848. The van der Waals surface area contributed by atoms with E-state index < -0.39 is 5.97 Å². The summed E-state index contributed by atoms with van der Waals surface area (Å²) in [6, 6.07) is 10.00. The van der Waals surface area contributed by atoms with Crippen molar-refractivity contribution in [3.8, 4) is 5.82 Å². The van der Waals surface area contributed by atoms with Crippen molar-refractivity contribution in [2.24, 2.45) is 0 Å². The van der Waals surface area contributed by atoms with E-state index in [9.17, 15) is 4.79 Å². The van der Waals surface area contributed by atoms with Crippen LogP contribution in [0, 0.1) is 0 Å². The molecule has 3 rings (SSSR count). The van der Waals surface area contributed by atoms with Crippen LogP contribution in [-0.4, -0.2) is 37.9 Å². The molecule has 0 bridgehead atoms. The average molecular weight is 360 g/mol. The highest BCUT2D eigenvalue weighted by molar-refractivity contribution is 7.97. The summed E-state index contributed by atoms with van der Waals surface area (Å²) in [6.45, 7) is 1.97. The minimum atomic E-state index is -0.543. The first-order valence-corrected chi connectivity index (χ1v) is 8.68. The lowest BCUT2D eigenvalue weighted by molar-refractivity contribution is 0.0518. The summed E-state index contributed by atoms with van der Waals surface area (Å²) in [5.74, 6) is 0.940. The van der Waals surface area contributed by atoms with Gasteiger partial charge in [-0.05, 0) is 22.8 Å². The van der Waals surface area contributed by atoms with Gasteiger partial charge in [0, 0.05) is 11.5 Å². The predicted molar refractivity (Wildman–Crippen MR) is 91.0 cm³/mol. The molecule has 0 aliphatic heterocycles. The van der Waals surface area contributed by atoms with E-state index in [1.165, 1.54) is 10.2 Å². The Balaban J connectivity index is 1.84. The van der Waals surface area contributed by atoms with Gasteiger partial charge in [-0.3, -0.25) is 0 Å². The highest BCUT2D eigenvalue weighted by Crippen LogP contribution is 2.23. The van der Waals surface area contributed by atoms with E-state index in [4.69, 9.17) is 10.5 Å². The first kappa shape index (κ1) is 17.0. The average Bonchev–Trinajstić information content (AvgIpc) is 3.22. The lowest BCUT2D eigenvalue weighted by atomic mass is 10.2. The number of nitrogens with two attached hydrogens (primary N) is 1. The predicted octanol–water partition coefficient (Wildman–Crippen LogP) is 1.84. The standard InChI is InChI=1S/C15H16N6O3S/c1-2-23-15(22)12-11(9-25-8-10-6-4-3-5-7-10)21(20-17-12)14-13(16)18-24-19-14/h3-7H,2,8-9H2,1H3,(H2,16,18). The molecule has 0 radical (unpaired) electrons. The maximum Gasteiger partial charge on any atom is 0.360 e. The topological polar surface area (TPSA) is 122 Å². The number of aromatic nitrogens is 5. The summed E-state index contributed by atoms with van der Waals surface area (Å²) in [4.78, 5) is 12.1. The van der Waals surface area contributed by atoms with E-state index in [-0.39, 0.29) is 23.9 Å². The Morgan fingerprint density at radius 2 is 2.08 bits per heavy atom. The fourth-order valence-corrected chi connectivity index (χ4v) is 3.12. The van der Waals surface area contributed by atoms with Crippen LogP contribution in [0.5, 0.6) is 0 Å². The number of anilines is 1. The molecule has 2 N–H and O–H groups in total. The molecule has 0 fully saturated rings. The van der Waals surface area contributed by atoms with Crippen molar-refractivity contribution in [1.82, 2.24) is 25.3 Å². The van der Waals surface area contributed by atoms with Crippen LogP contribution in [0.4, 0.5) is 5.82 Å². The van der Waals surface area contributed by atoms with Crippen molar-refractivity contribution in [3.05, 3.63) is 47.3 Å². The van der Waals surface area contributed by atoms with Crippen LogP contribution in [0.3, 0.4) is 0 Å². The molecular weight excluding hydrogens is 344 g/mol. The summed E-state index contributed by atoms with van der Waals surface area (Å²) < 4.78 is 11.0. The number of carbonyl (C=O) groups is 1. The third-order valence-electron chi connectivity index (χ3n) is 3.28. The van der Waals surface area contributed by atoms with Gasteiger partial charge in [-0.15, -0.1) is 5.10 Å². The number of hydrogen-bond donors (Lipinski definition) is 1. The Labute approximate surface area is 147 Å². The quantitative estimate of drug-likeness (QED) is 0.629. The molecule has 0 atom stereocenters. The second-order valence-electron chi connectivity index (χ2n) is 4.97. The molecule has 9 nitrogen and oxygen atoms in total. The Morgan fingerprint density at radius 3 is 2.76 bits per heavy atom. The zero-order valence-corrected chi connectivity index (χ0v) is 14.3. The van der Waals surface area contributed by atoms with Crippen LogP contribution >= 0.6 is 11.8 Å². The normalized spacial score (nSPS) is 10.8. The fourth-order valence-electron chi connectivity index (χ4n) is 2.14. The number of benzene rings is 1. The summed E-state index contributed by atoms with van der Waals surface area (Å²) in [5.41, 5.74) is 7.56. The third kappa shape index (κ3) is 3.79. The molecule has 130 valence electrons. The summed E-state index contributed by atoms with van der Waals surface area (Å²) in [5, 5.41) is 15.1. The summed E-state index contributed by atoms with van der Waals surface area (Å²) >= 11 is 1.60. The molecule has 3 aromatic rings. The molecule has 0 amide bonds. The van der Waals surface area contributed by atoms with Crippen LogP contribution < -0.4 is 5.73 Å². The Kier molecular flexibility index (Phi) is 5.29. The summed E-state index contributed by atoms with van der Waals surface area (Å²) in [7, 11) is 0. The molecule has 0 unspecified atom stereocenters. The van der Waals surface area contributed by atoms with E-state index in [2.05, 4.69) is 25.3 Å². The van der Waals surface area contributed by atoms with Crippen molar-refractivity contribution in [2.45, 2.75) is 18.4 Å². The molecular formula is C15H16N6O3S. The maximum atomic E-state index is 12.1. The van der Waals surface area contributed by atoms with Gasteiger partial charge < -0.3 is 10.5 Å². The number of rotatable bonds is 7. The van der Waals surface area contributed by atoms with Gasteiger partial charge in [-0.1, -0.05) is 35.5 Å². The molecule has 2 heterocycles. The number of thioether (sulfide) groups is 1. The lowest BCUT2D eigenvalue weighted by Gasteiger charge is -2.06. The molecule has 0 aliphatic rings. The van der Waals surface area contributed by atoms with Crippen molar-refractivity contribution in [2.75, 3.05) is 12.3 Å². The van der Waals surface area contributed by atoms with Crippen LogP contribution in [0.15, 0.2) is 35.0 Å². The van der Waals surface area contributed by atoms with Gasteiger partial charge in [0.1, 0.15) is 0 Å². The minimum absolute atomic E-state index is 0.0645. The molecule has 0 saturated carbocycles. The smallest absolute Gasteiger partial charge is 0.360 e. The zero-order valence-electron chi connectivity index (χ0n) is 13.5. The van der Waals surface area contributed by atoms with Gasteiger partial charge >= 0.3 is 5.97 Å². The zero-order chi connectivity index (χ0) is 17.6. The number of ether oxygens (including phenoxy) is 1. The molecule has 25 heavy (non-hydrogen) atoms. The molecule has 0 spiro atoms. The van der Waals surface area contributed by atoms with E-state index >= 15 is 0 Å². The lowest BCUT2D eigenvalue weighted by Crippen LogP contribution is -2.10. The third-order valence-corrected chi connectivity index (χ3v) is 4.29. The highest BCUT2D eigenvalue weighted by atomic mass is 32.2. The Morgan fingerprint density at radius 1 is 1.28 bits per heavy atom. The minimum Gasteiger partial charge on any atom is -0.461 e. The number of nitrogen functional groups attached to an aromatic ring is 1. The van der Waals surface area contributed by atoms with Gasteiger partial charge in [0.05, 0.1) is 12.3 Å². The summed E-state index contributed by atoms with van der Waals surface area (Å²) in [6.07, 6.45) is 0. The van der Waals surface area contributed by atoms with Crippen LogP contribution in [0.2, 0.25) is 0 Å². The second-order valence-corrected chi connectivity index (χ2v) is 5.95. The van der Waals surface area contributed by atoms with Crippen LogP contribution in [-0.2, 0) is 16.2 Å². The van der Waals surface area contributed by atoms with Gasteiger partial charge in [-0.25, -0.2) is 9.42 Å². The second kappa shape index (κ2) is 7.79. The molecule has 0 aliphatic carbocycles. The first-order valence-electron chi connectivity index (χ1n) is 7.52. The molecule has 1 aromatic carbocycles. The molecule has 2 aromatic heterocycles. The maximum absolute atomic E-state index is 12.1. The number of esters is 1. The number of carbonyl (C=O) groups excluding carboxylic acids is 1. The van der Waals surface area contributed by atoms with Crippen molar-refractivity contribution >= 4 is 23.5 Å². The van der Waals surface area contributed by atoms with Crippen molar-refractivity contribution < 1.29 is 14.2 Å². The molecule has 10 heteroatoms. The van der Waals surface area contributed by atoms with Gasteiger partial charge in [0.25, 0.3) is 0 Å². The van der Waals surface area contributed by atoms with Crippen molar-refractivity contribution in [3.63, 3.8) is 0 Å². The largest absolute Gasteiger partial charge is 0.461 e. The first-order chi connectivity index (χ1) is 12.2. The van der Waals surface area contributed by atoms with E-state index in [0.717, 1.165) is 5.75 Å². The molecule has 0 saturated heterocycles. The van der Waals surface area contributed by atoms with Crippen LogP contribution in [0.25, 0.3) is 5.82 Å². The van der Waals surface area contributed by atoms with E-state index in [1.54, 1.807) is 18.7 Å². The van der Waals surface area contributed by atoms with Gasteiger partial charge in [-0.2, -0.15) is 16.4 Å². The monoisotopic (exact) mass is 360 g/mol.